The van der Waals surface area contributed by atoms with E-state index in [4.69, 9.17) is 12.2 Å². The molecule has 0 aliphatic heterocycles. The molecule has 1 aliphatic carbocycles. The molecule has 2 aromatic heterocycles. The highest BCUT2D eigenvalue weighted by atomic mass is 32.2. The molecule has 4 rings (SSSR count). The number of amides is 1. The molecule has 0 saturated heterocycles. The summed E-state index contributed by atoms with van der Waals surface area (Å²) in [5.74, 6) is 1.01. The summed E-state index contributed by atoms with van der Waals surface area (Å²) in [6, 6.07) is 6.62. The van der Waals surface area contributed by atoms with Crippen LogP contribution in [0.5, 0.6) is 0 Å². The average Bonchev–Trinajstić information content (AvgIpc) is 3.28. The zero-order valence-electron chi connectivity index (χ0n) is 15.8. The topological polar surface area (TPSA) is 80.5 Å². The van der Waals surface area contributed by atoms with Crippen molar-refractivity contribution >= 4 is 29.9 Å². The Balaban J connectivity index is 1.38. The number of rotatable bonds is 7. The Hall–Kier alpha value is -2.39. The van der Waals surface area contributed by atoms with E-state index in [0.29, 0.717) is 17.4 Å². The van der Waals surface area contributed by atoms with Gasteiger partial charge in [0.1, 0.15) is 0 Å². The lowest BCUT2D eigenvalue weighted by atomic mass is 10.1. The molecular formula is C19H22N6OS2. The smallest absolute Gasteiger partial charge is 0.230 e. The number of imidazole rings is 1. The van der Waals surface area contributed by atoms with Gasteiger partial charge in [0, 0.05) is 18.4 Å². The van der Waals surface area contributed by atoms with Crippen molar-refractivity contribution in [3.05, 3.63) is 52.3 Å². The molecule has 0 unspecified atom stereocenters. The number of nitrogens with zero attached hydrogens (tertiary/aromatic N) is 4. The van der Waals surface area contributed by atoms with E-state index in [-0.39, 0.29) is 11.7 Å². The number of hydrogen-bond acceptors (Lipinski definition) is 5. The van der Waals surface area contributed by atoms with Crippen LogP contribution in [0.4, 0.5) is 0 Å². The van der Waals surface area contributed by atoms with Crippen LogP contribution in [0, 0.1) is 18.6 Å². The molecule has 1 amide bonds. The van der Waals surface area contributed by atoms with Gasteiger partial charge < -0.3 is 5.32 Å². The number of carbonyl (C=O) groups is 1. The Bertz CT molecular complexity index is 1060. The Morgan fingerprint density at radius 1 is 1.39 bits per heavy atom. The van der Waals surface area contributed by atoms with Crippen molar-refractivity contribution in [2.45, 2.75) is 44.4 Å². The van der Waals surface area contributed by atoms with Crippen LogP contribution in [-0.2, 0) is 11.3 Å². The van der Waals surface area contributed by atoms with Gasteiger partial charge in [-0.1, -0.05) is 23.9 Å². The second-order valence-electron chi connectivity index (χ2n) is 6.91. The largest absolute Gasteiger partial charge is 0.348 e. The second kappa shape index (κ2) is 7.92. The molecule has 1 aromatic carbocycles. The van der Waals surface area contributed by atoms with Gasteiger partial charge in [0.05, 0.1) is 18.0 Å². The van der Waals surface area contributed by atoms with E-state index < -0.39 is 0 Å². The highest BCUT2D eigenvalue weighted by molar-refractivity contribution is 7.99. The highest BCUT2D eigenvalue weighted by Gasteiger charge is 2.27. The molecule has 2 heterocycles. The first-order valence-electron chi connectivity index (χ1n) is 9.20. The fraction of sp³-hybridized carbons (Fsp3) is 0.368. The summed E-state index contributed by atoms with van der Waals surface area (Å²) in [5, 5.41) is 10.8. The number of aromatic amines is 1. The molecule has 146 valence electrons. The first kappa shape index (κ1) is 18.9. The lowest BCUT2D eigenvalue weighted by Gasteiger charge is -2.12. The molecule has 1 aliphatic rings. The monoisotopic (exact) mass is 414 g/mol. The van der Waals surface area contributed by atoms with E-state index in [0.717, 1.165) is 29.5 Å². The van der Waals surface area contributed by atoms with Crippen molar-refractivity contribution in [2.75, 3.05) is 5.75 Å². The van der Waals surface area contributed by atoms with Crippen LogP contribution in [0.1, 0.15) is 35.8 Å². The van der Waals surface area contributed by atoms with Gasteiger partial charge in [-0.2, -0.15) is 5.10 Å². The molecule has 0 atom stereocenters. The summed E-state index contributed by atoms with van der Waals surface area (Å²) < 4.78 is 4.66. The van der Waals surface area contributed by atoms with Crippen LogP contribution >= 0.6 is 24.0 Å². The van der Waals surface area contributed by atoms with Crippen LogP contribution in [0.2, 0.25) is 0 Å². The lowest BCUT2D eigenvalue weighted by Crippen LogP contribution is -2.26. The maximum absolute atomic E-state index is 12.3. The zero-order chi connectivity index (χ0) is 19.7. The second-order valence-corrected chi connectivity index (χ2v) is 8.24. The lowest BCUT2D eigenvalue weighted by molar-refractivity contribution is -0.118. The number of benzene rings is 1. The number of H-pyrrole nitrogens is 1. The number of aryl methyl sites for hydroxylation is 1. The predicted octanol–water partition coefficient (Wildman–Crippen LogP) is 3.49. The highest BCUT2D eigenvalue weighted by Crippen LogP contribution is 2.35. The van der Waals surface area contributed by atoms with Crippen LogP contribution in [0.15, 0.2) is 35.7 Å². The number of nitrogens with one attached hydrogen (secondary N) is 2. The quantitative estimate of drug-likeness (QED) is 0.457. The maximum atomic E-state index is 12.3. The third-order valence-corrected chi connectivity index (χ3v) is 6.16. The predicted molar refractivity (Wildman–Crippen MR) is 111 cm³/mol. The standard InChI is InChI=1S/C19H22N6OS2/c1-12-4-3-5-15(13(12)2)24-9-8-20-19(24)28-11-17(26)21-10-16-22-23-18(27)25(16)14-6-7-14/h3-5,8-9,14H,6-7,10-11H2,1-2H3,(H,21,26)(H,23,27). The molecule has 0 radical (unpaired) electrons. The van der Waals surface area contributed by atoms with E-state index in [1.165, 1.54) is 22.9 Å². The molecule has 2 N–H and O–H groups in total. The van der Waals surface area contributed by atoms with Crippen LogP contribution in [0.3, 0.4) is 0 Å². The van der Waals surface area contributed by atoms with Crippen molar-refractivity contribution in [3.63, 3.8) is 0 Å². The normalized spacial score (nSPS) is 13.6. The van der Waals surface area contributed by atoms with E-state index in [1.807, 2.05) is 21.4 Å². The van der Waals surface area contributed by atoms with Crippen LogP contribution in [-0.4, -0.2) is 36.0 Å². The molecule has 0 spiro atoms. The summed E-state index contributed by atoms with van der Waals surface area (Å²) in [7, 11) is 0. The third-order valence-electron chi connectivity index (χ3n) is 4.91. The number of thioether (sulfide) groups is 1. The summed E-state index contributed by atoms with van der Waals surface area (Å²) in [5.41, 5.74) is 3.51. The minimum atomic E-state index is -0.0585. The number of aromatic nitrogens is 5. The fourth-order valence-electron chi connectivity index (χ4n) is 3.11. The minimum Gasteiger partial charge on any atom is -0.348 e. The van der Waals surface area contributed by atoms with E-state index >= 15 is 0 Å². The first-order valence-corrected chi connectivity index (χ1v) is 10.6. The minimum absolute atomic E-state index is 0.0585. The molecular weight excluding hydrogens is 392 g/mol. The van der Waals surface area contributed by atoms with Gasteiger partial charge in [0.25, 0.3) is 0 Å². The van der Waals surface area contributed by atoms with Crippen LogP contribution < -0.4 is 5.32 Å². The van der Waals surface area contributed by atoms with Gasteiger partial charge in [0.15, 0.2) is 15.8 Å². The van der Waals surface area contributed by atoms with Crippen molar-refractivity contribution in [2.24, 2.45) is 0 Å². The first-order chi connectivity index (χ1) is 13.5. The van der Waals surface area contributed by atoms with Crippen molar-refractivity contribution < 1.29 is 4.79 Å². The summed E-state index contributed by atoms with van der Waals surface area (Å²) >= 11 is 6.69. The zero-order valence-corrected chi connectivity index (χ0v) is 17.4. The molecule has 9 heteroatoms. The Kier molecular flexibility index (Phi) is 5.36. The number of carbonyl (C=O) groups excluding carboxylic acids is 1. The number of hydrogen-bond donors (Lipinski definition) is 2. The summed E-state index contributed by atoms with van der Waals surface area (Å²) in [6.07, 6.45) is 5.92. The summed E-state index contributed by atoms with van der Waals surface area (Å²) in [4.78, 5) is 16.8. The van der Waals surface area contributed by atoms with Crippen molar-refractivity contribution in [1.29, 1.82) is 0 Å². The van der Waals surface area contributed by atoms with Gasteiger partial charge in [-0.25, -0.2) is 4.98 Å². The Morgan fingerprint density at radius 2 is 2.21 bits per heavy atom. The van der Waals surface area contributed by atoms with Gasteiger partial charge in [-0.3, -0.25) is 19.0 Å². The average molecular weight is 415 g/mol. The SMILES string of the molecule is Cc1cccc(-n2ccnc2SCC(=O)NCc2n[nH]c(=S)n2C2CC2)c1C. The fourth-order valence-corrected chi connectivity index (χ4v) is 4.20. The van der Waals surface area contributed by atoms with Gasteiger partial charge >= 0.3 is 0 Å². The van der Waals surface area contributed by atoms with Crippen molar-refractivity contribution in [3.8, 4) is 5.69 Å². The third kappa shape index (κ3) is 3.90. The van der Waals surface area contributed by atoms with E-state index in [2.05, 4.69) is 46.5 Å². The molecule has 3 aromatic rings. The van der Waals surface area contributed by atoms with Crippen molar-refractivity contribution in [1.82, 2.24) is 29.6 Å². The van der Waals surface area contributed by atoms with E-state index in [1.54, 1.807) is 6.20 Å². The van der Waals surface area contributed by atoms with Gasteiger partial charge in [0.2, 0.25) is 5.91 Å². The summed E-state index contributed by atoms with van der Waals surface area (Å²) in [6.45, 7) is 4.56. The Labute approximate surface area is 172 Å². The van der Waals surface area contributed by atoms with Gasteiger partial charge in [-0.05, 0) is 56.1 Å². The maximum Gasteiger partial charge on any atom is 0.230 e. The molecule has 1 fully saturated rings. The molecule has 0 bridgehead atoms. The van der Waals surface area contributed by atoms with Gasteiger partial charge in [-0.15, -0.1) is 0 Å². The Morgan fingerprint density at radius 3 is 3.00 bits per heavy atom. The van der Waals surface area contributed by atoms with Crippen LogP contribution in [0.25, 0.3) is 5.69 Å². The molecule has 7 nitrogen and oxygen atoms in total. The molecule has 1 saturated carbocycles. The molecule has 28 heavy (non-hydrogen) atoms. The van der Waals surface area contributed by atoms with E-state index in [9.17, 15) is 4.79 Å².